The van der Waals surface area contributed by atoms with Gasteiger partial charge in [-0.1, -0.05) is 12.7 Å². The van der Waals surface area contributed by atoms with Gasteiger partial charge in [-0.2, -0.15) is 0 Å². The maximum absolute atomic E-state index is 10.6. The summed E-state index contributed by atoms with van der Waals surface area (Å²) < 4.78 is 11.3. The fraction of sp³-hybridized carbons (Fsp3) is 0.118. The number of rotatable bonds is 6. The van der Waals surface area contributed by atoms with Crippen molar-refractivity contribution in [1.82, 2.24) is 0 Å². The Hall–Kier alpha value is -2.55. The van der Waals surface area contributed by atoms with Gasteiger partial charge in [0.15, 0.2) is 0 Å². The molecule has 2 aromatic rings. The summed E-state index contributed by atoms with van der Waals surface area (Å²) in [5.41, 5.74) is 1.67. The van der Waals surface area contributed by atoms with E-state index in [1.807, 2.05) is 25.1 Å². The van der Waals surface area contributed by atoms with Gasteiger partial charge >= 0.3 is 0 Å². The molecule has 0 bridgehead atoms. The molecule has 0 saturated carbocycles. The van der Waals surface area contributed by atoms with Gasteiger partial charge in [-0.15, -0.1) is 0 Å². The van der Waals surface area contributed by atoms with E-state index in [0.29, 0.717) is 23.7 Å². The van der Waals surface area contributed by atoms with E-state index in [9.17, 15) is 4.79 Å². The molecule has 20 heavy (non-hydrogen) atoms. The van der Waals surface area contributed by atoms with E-state index in [0.717, 1.165) is 17.6 Å². The van der Waals surface area contributed by atoms with Crippen molar-refractivity contribution in [3.8, 4) is 17.2 Å². The Bertz CT molecular complexity index is 600. The Kier molecular flexibility index (Phi) is 4.56. The van der Waals surface area contributed by atoms with E-state index >= 15 is 0 Å². The maximum atomic E-state index is 10.6. The molecule has 0 atom stereocenters. The Morgan fingerprint density at radius 1 is 1.05 bits per heavy atom. The molecule has 0 aliphatic heterocycles. The molecule has 0 aromatic heterocycles. The summed E-state index contributed by atoms with van der Waals surface area (Å²) in [5, 5.41) is 0. The van der Waals surface area contributed by atoms with Crippen molar-refractivity contribution in [2.75, 3.05) is 6.61 Å². The third-order valence-electron chi connectivity index (χ3n) is 2.64. The minimum atomic E-state index is 0.455. The van der Waals surface area contributed by atoms with Crippen molar-refractivity contribution in [3.05, 3.63) is 66.2 Å². The first kappa shape index (κ1) is 13.9. The second kappa shape index (κ2) is 6.57. The van der Waals surface area contributed by atoms with E-state index in [4.69, 9.17) is 9.47 Å². The van der Waals surface area contributed by atoms with Crippen LogP contribution in [0.5, 0.6) is 17.2 Å². The molecule has 0 unspecified atom stereocenters. The molecule has 0 amide bonds. The summed E-state index contributed by atoms with van der Waals surface area (Å²) in [6, 6.07) is 12.6. The Labute approximate surface area is 118 Å². The normalized spacial score (nSPS) is 9.85. The highest BCUT2D eigenvalue weighted by molar-refractivity contribution is 5.74. The van der Waals surface area contributed by atoms with Crippen LogP contribution in [0.4, 0.5) is 0 Å². The van der Waals surface area contributed by atoms with Crippen LogP contribution in [0.15, 0.2) is 55.1 Å². The van der Waals surface area contributed by atoms with Gasteiger partial charge in [0.2, 0.25) is 0 Å². The zero-order valence-electron chi connectivity index (χ0n) is 11.3. The number of aryl methyl sites for hydroxylation is 1. The van der Waals surface area contributed by atoms with Gasteiger partial charge in [0.1, 0.15) is 30.1 Å². The minimum Gasteiger partial charge on any atom is -0.489 e. The molecular formula is C17H16O3. The van der Waals surface area contributed by atoms with E-state index in [-0.39, 0.29) is 0 Å². The fourth-order valence-corrected chi connectivity index (χ4v) is 1.76. The van der Waals surface area contributed by atoms with Gasteiger partial charge < -0.3 is 9.47 Å². The molecule has 0 saturated heterocycles. The largest absolute Gasteiger partial charge is 0.489 e. The highest BCUT2D eigenvalue weighted by Gasteiger charge is 2.02. The topological polar surface area (TPSA) is 35.5 Å². The van der Waals surface area contributed by atoms with Crippen LogP contribution in [-0.2, 0) is 0 Å². The van der Waals surface area contributed by atoms with Gasteiger partial charge in [-0.05, 0) is 48.9 Å². The highest BCUT2D eigenvalue weighted by Crippen LogP contribution is 2.27. The van der Waals surface area contributed by atoms with Crippen molar-refractivity contribution in [2.45, 2.75) is 6.92 Å². The summed E-state index contributed by atoms with van der Waals surface area (Å²) in [4.78, 5) is 10.6. The van der Waals surface area contributed by atoms with Crippen LogP contribution < -0.4 is 9.47 Å². The summed E-state index contributed by atoms with van der Waals surface area (Å²) in [6.45, 7) is 6.05. The number of hydrogen-bond acceptors (Lipinski definition) is 3. The van der Waals surface area contributed by atoms with Crippen LogP contribution in [0, 0.1) is 6.92 Å². The molecule has 0 fully saturated rings. The Balaban J connectivity index is 2.16. The first-order valence-electron chi connectivity index (χ1n) is 6.30. The van der Waals surface area contributed by atoms with Crippen molar-refractivity contribution in [3.63, 3.8) is 0 Å². The van der Waals surface area contributed by atoms with Crippen LogP contribution in [0.2, 0.25) is 0 Å². The molecule has 3 heteroatoms. The SMILES string of the molecule is C=CCOc1cc(C)cc(Oc2ccc(C=O)cc2)c1. The molecule has 2 aromatic carbocycles. The number of benzene rings is 2. The van der Waals surface area contributed by atoms with Crippen molar-refractivity contribution < 1.29 is 14.3 Å². The smallest absolute Gasteiger partial charge is 0.150 e. The molecule has 0 aliphatic rings. The quantitative estimate of drug-likeness (QED) is 0.582. The van der Waals surface area contributed by atoms with E-state index < -0.39 is 0 Å². The third kappa shape index (κ3) is 3.72. The standard InChI is InChI=1S/C17H16O3/c1-3-8-19-16-9-13(2)10-17(11-16)20-15-6-4-14(12-18)5-7-15/h3-7,9-12H,1,8H2,2H3. The monoisotopic (exact) mass is 268 g/mol. The van der Waals surface area contributed by atoms with E-state index in [1.54, 1.807) is 30.3 Å². The van der Waals surface area contributed by atoms with Gasteiger partial charge in [0.25, 0.3) is 0 Å². The van der Waals surface area contributed by atoms with Crippen LogP contribution in [0.25, 0.3) is 0 Å². The van der Waals surface area contributed by atoms with Crippen LogP contribution in [0.1, 0.15) is 15.9 Å². The zero-order chi connectivity index (χ0) is 14.4. The van der Waals surface area contributed by atoms with Gasteiger partial charge in [-0.3, -0.25) is 4.79 Å². The molecule has 0 heterocycles. The lowest BCUT2D eigenvalue weighted by atomic mass is 10.2. The first-order valence-corrected chi connectivity index (χ1v) is 6.30. The third-order valence-corrected chi connectivity index (χ3v) is 2.64. The molecule has 102 valence electrons. The van der Waals surface area contributed by atoms with Crippen LogP contribution in [0.3, 0.4) is 0 Å². The van der Waals surface area contributed by atoms with Crippen molar-refractivity contribution in [1.29, 1.82) is 0 Å². The predicted octanol–water partition coefficient (Wildman–Crippen LogP) is 4.16. The number of carbonyl (C=O) groups is 1. The number of carbonyl (C=O) groups excluding carboxylic acids is 1. The molecular weight excluding hydrogens is 252 g/mol. The molecule has 3 nitrogen and oxygen atoms in total. The second-order valence-electron chi connectivity index (χ2n) is 4.37. The predicted molar refractivity (Wildman–Crippen MR) is 78.8 cm³/mol. The number of aldehydes is 1. The molecule has 0 N–H and O–H groups in total. The summed E-state index contributed by atoms with van der Waals surface area (Å²) in [5.74, 6) is 2.11. The lowest BCUT2D eigenvalue weighted by Gasteiger charge is -2.10. The Morgan fingerprint density at radius 3 is 2.40 bits per heavy atom. The van der Waals surface area contributed by atoms with E-state index in [1.165, 1.54) is 0 Å². The van der Waals surface area contributed by atoms with Gasteiger partial charge in [0, 0.05) is 11.6 Å². The summed E-state index contributed by atoms with van der Waals surface area (Å²) in [6.07, 6.45) is 2.50. The lowest BCUT2D eigenvalue weighted by Crippen LogP contribution is -1.94. The maximum Gasteiger partial charge on any atom is 0.150 e. The number of hydrogen-bond donors (Lipinski definition) is 0. The van der Waals surface area contributed by atoms with Crippen molar-refractivity contribution in [2.24, 2.45) is 0 Å². The molecule has 2 rings (SSSR count). The summed E-state index contributed by atoms with van der Waals surface area (Å²) in [7, 11) is 0. The first-order chi connectivity index (χ1) is 9.71. The molecule has 0 spiro atoms. The van der Waals surface area contributed by atoms with Crippen LogP contribution >= 0.6 is 0 Å². The van der Waals surface area contributed by atoms with Gasteiger partial charge in [0.05, 0.1) is 0 Å². The molecule has 0 aliphatic carbocycles. The highest BCUT2D eigenvalue weighted by atomic mass is 16.5. The number of ether oxygens (including phenoxy) is 2. The van der Waals surface area contributed by atoms with Crippen LogP contribution in [-0.4, -0.2) is 12.9 Å². The van der Waals surface area contributed by atoms with Gasteiger partial charge in [-0.25, -0.2) is 0 Å². The summed E-state index contributed by atoms with van der Waals surface area (Å²) >= 11 is 0. The fourth-order valence-electron chi connectivity index (χ4n) is 1.76. The van der Waals surface area contributed by atoms with Crippen molar-refractivity contribution >= 4 is 6.29 Å². The average Bonchev–Trinajstić information content (AvgIpc) is 2.45. The zero-order valence-corrected chi connectivity index (χ0v) is 11.3. The second-order valence-corrected chi connectivity index (χ2v) is 4.37. The average molecular weight is 268 g/mol. The molecule has 0 radical (unpaired) electrons. The minimum absolute atomic E-state index is 0.455. The van der Waals surface area contributed by atoms with E-state index in [2.05, 4.69) is 6.58 Å². The lowest BCUT2D eigenvalue weighted by molar-refractivity contribution is 0.112. The Morgan fingerprint density at radius 2 is 1.75 bits per heavy atom.